The molecule has 5 heteroatoms. The van der Waals surface area contributed by atoms with Gasteiger partial charge in [-0.05, 0) is 40.5 Å². The van der Waals surface area contributed by atoms with Crippen molar-refractivity contribution in [2.24, 2.45) is 0 Å². The van der Waals surface area contributed by atoms with Crippen LogP contribution in [0.1, 0.15) is 105 Å². The van der Waals surface area contributed by atoms with Crippen molar-refractivity contribution in [1.29, 1.82) is 0 Å². The zero-order chi connectivity index (χ0) is 21.3. The molecule has 0 aliphatic rings. The molecule has 0 aromatic rings. The number of rotatable bonds is 18. The molecule has 0 aromatic carbocycles. The van der Waals surface area contributed by atoms with E-state index >= 15 is 0 Å². The molecule has 1 N–H and O–H groups in total. The highest BCUT2D eigenvalue weighted by Crippen LogP contribution is 2.13. The van der Waals surface area contributed by atoms with Gasteiger partial charge in [0.1, 0.15) is 6.79 Å². The third-order valence-electron chi connectivity index (χ3n) is 4.77. The summed E-state index contributed by atoms with van der Waals surface area (Å²) in [4.78, 5) is 0. The molecule has 0 spiro atoms. The van der Waals surface area contributed by atoms with E-state index in [9.17, 15) is 4.21 Å². The molecular formula is C23H47NO3S. The molecule has 0 rings (SSSR count). The molecule has 0 aromatic heterocycles. The van der Waals surface area contributed by atoms with Gasteiger partial charge >= 0.3 is 0 Å². The lowest BCUT2D eigenvalue weighted by Gasteiger charge is -2.26. The maximum absolute atomic E-state index is 12.3. The molecule has 0 bridgehead atoms. The molecule has 0 aliphatic carbocycles. The summed E-state index contributed by atoms with van der Waals surface area (Å²) in [6.07, 6.45) is 18.8. The molecule has 0 fully saturated rings. The second kappa shape index (κ2) is 17.6. The molecule has 0 radical (unpaired) electrons. The third-order valence-corrected chi connectivity index (χ3v) is 6.47. The van der Waals surface area contributed by atoms with Gasteiger partial charge in [0.2, 0.25) is 0 Å². The van der Waals surface area contributed by atoms with Crippen LogP contribution >= 0.6 is 0 Å². The number of hydrogen-bond donors (Lipinski definition) is 1. The van der Waals surface area contributed by atoms with Gasteiger partial charge in [-0.3, -0.25) is 0 Å². The molecule has 168 valence electrons. The highest BCUT2D eigenvalue weighted by Gasteiger charge is 2.24. The molecule has 0 heterocycles. The summed E-state index contributed by atoms with van der Waals surface area (Å²) in [5, 5.41) is 0. The van der Waals surface area contributed by atoms with E-state index < -0.39 is 11.0 Å². The summed E-state index contributed by atoms with van der Waals surface area (Å²) in [5.74, 6) is 0. The van der Waals surface area contributed by atoms with Crippen LogP contribution in [0.5, 0.6) is 0 Å². The van der Waals surface area contributed by atoms with Gasteiger partial charge in [-0.1, -0.05) is 76.9 Å². The van der Waals surface area contributed by atoms with Crippen LogP contribution in [0, 0.1) is 0 Å². The van der Waals surface area contributed by atoms with Gasteiger partial charge in [0, 0.05) is 13.2 Å². The van der Waals surface area contributed by atoms with E-state index in [1.807, 2.05) is 27.7 Å². The third kappa shape index (κ3) is 15.7. The number of methoxy groups -OCH3 is 1. The highest BCUT2D eigenvalue weighted by atomic mass is 32.2. The average Bonchev–Trinajstić information content (AvgIpc) is 2.64. The zero-order valence-corrected chi connectivity index (χ0v) is 20.2. The van der Waals surface area contributed by atoms with Gasteiger partial charge in [0.15, 0.2) is 0 Å². The molecule has 0 saturated heterocycles. The minimum absolute atomic E-state index is 0.0424. The molecule has 0 saturated carbocycles. The van der Waals surface area contributed by atoms with Crippen LogP contribution in [0.4, 0.5) is 0 Å². The second-order valence-electron chi connectivity index (χ2n) is 8.72. The van der Waals surface area contributed by atoms with Crippen molar-refractivity contribution in [3.63, 3.8) is 0 Å². The quantitative estimate of drug-likeness (QED) is 0.162. The van der Waals surface area contributed by atoms with Crippen LogP contribution in [0.15, 0.2) is 12.2 Å². The van der Waals surface area contributed by atoms with Crippen LogP contribution in [0.2, 0.25) is 0 Å². The van der Waals surface area contributed by atoms with Gasteiger partial charge < -0.3 is 9.47 Å². The number of hydrogen-bond acceptors (Lipinski definition) is 3. The summed E-state index contributed by atoms with van der Waals surface area (Å²) >= 11 is 0. The van der Waals surface area contributed by atoms with Crippen LogP contribution in [-0.4, -0.2) is 35.0 Å². The van der Waals surface area contributed by atoms with E-state index in [0.29, 0.717) is 0 Å². The Morgan fingerprint density at radius 3 is 2.00 bits per heavy atom. The van der Waals surface area contributed by atoms with Crippen molar-refractivity contribution in [3.05, 3.63) is 12.2 Å². The van der Waals surface area contributed by atoms with Gasteiger partial charge in [-0.15, -0.1) is 0 Å². The van der Waals surface area contributed by atoms with Gasteiger partial charge in [0.25, 0.3) is 0 Å². The smallest absolute Gasteiger partial charge is 0.147 e. The maximum Gasteiger partial charge on any atom is 0.147 e. The fraction of sp³-hybridized carbons (Fsp3) is 0.913. The molecule has 0 unspecified atom stereocenters. The fourth-order valence-corrected chi connectivity index (χ4v) is 3.73. The molecule has 4 nitrogen and oxygen atoms in total. The van der Waals surface area contributed by atoms with Crippen molar-refractivity contribution >= 4 is 11.0 Å². The molecule has 0 aliphatic heterocycles. The Morgan fingerprint density at radius 2 is 1.50 bits per heavy atom. The van der Waals surface area contributed by atoms with E-state index in [-0.39, 0.29) is 23.7 Å². The molecule has 0 amide bonds. The summed E-state index contributed by atoms with van der Waals surface area (Å²) < 4.78 is 26.0. The van der Waals surface area contributed by atoms with Crippen molar-refractivity contribution in [1.82, 2.24) is 4.72 Å². The topological polar surface area (TPSA) is 47.6 Å². The first-order valence-electron chi connectivity index (χ1n) is 11.3. The first-order chi connectivity index (χ1) is 13.3. The highest BCUT2D eigenvalue weighted by molar-refractivity contribution is 7.84. The van der Waals surface area contributed by atoms with E-state index in [1.54, 1.807) is 7.11 Å². The molecule has 28 heavy (non-hydrogen) atoms. The standard InChI is InChI=1S/C23H47NO3S/c1-7-8-9-10-11-12-13-14-15-16-17-18-19-22(27-20-26-6)21(2)24-28(25)23(3,4)5/h18-19,21-22,24H,7-17,20H2,1-6H3/b19-18+/t21-,22+,28+/m0/s1. The van der Waals surface area contributed by atoms with Crippen LogP contribution in [-0.2, 0) is 20.5 Å². The van der Waals surface area contributed by atoms with Crippen molar-refractivity contribution < 1.29 is 13.7 Å². The van der Waals surface area contributed by atoms with Crippen LogP contribution < -0.4 is 4.72 Å². The average molecular weight is 418 g/mol. The lowest BCUT2D eigenvalue weighted by molar-refractivity contribution is -0.0622. The number of unbranched alkanes of at least 4 members (excludes halogenated alkanes) is 10. The normalized spacial score (nSPS) is 15.8. The van der Waals surface area contributed by atoms with E-state index in [4.69, 9.17) is 9.47 Å². The van der Waals surface area contributed by atoms with Crippen LogP contribution in [0.25, 0.3) is 0 Å². The molecular weight excluding hydrogens is 370 g/mol. The first-order valence-corrected chi connectivity index (χ1v) is 12.4. The largest absolute Gasteiger partial charge is 0.359 e. The van der Waals surface area contributed by atoms with E-state index in [0.717, 1.165) is 6.42 Å². The predicted octanol–water partition coefficient (Wildman–Crippen LogP) is 6.28. The Kier molecular flexibility index (Phi) is 17.5. The summed E-state index contributed by atoms with van der Waals surface area (Å²) in [7, 11) is 0.506. The minimum Gasteiger partial charge on any atom is -0.359 e. The fourth-order valence-electron chi connectivity index (χ4n) is 2.91. The second-order valence-corrected chi connectivity index (χ2v) is 10.7. The van der Waals surface area contributed by atoms with E-state index in [2.05, 4.69) is 23.8 Å². The SMILES string of the molecule is CCCCCCCCCCCC/C=C/[C@@H](OCOC)[C@H](C)N[S@](=O)C(C)(C)C. The first kappa shape index (κ1) is 27.8. The zero-order valence-electron chi connectivity index (χ0n) is 19.4. The molecule has 3 atom stereocenters. The van der Waals surface area contributed by atoms with Gasteiger partial charge in [-0.25, -0.2) is 8.93 Å². The van der Waals surface area contributed by atoms with Crippen molar-refractivity contribution in [3.8, 4) is 0 Å². The summed E-state index contributed by atoms with van der Waals surface area (Å²) in [6, 6.07) is -0.0424. The number of allylic oxidation sites excluding steroid dienone is 1. The van der Waals surface area contributed by atoms with Crippen LogP contribution in [0.3, 0.4) is 0 Å². The Hall–Kier alpha value is -0.230. The van der Waals surface area contributed by atoms with Gasteiger partial charge in [0.05, 0.1) is 21.8 Å². The maximum atomic E-state index is 12.3. The lowest BCUT2D eigenvalue weighted by atomic mass is 10.1. The monoisotopic (exact) mass is 417 g/mol. The number of nitrogens with one attached hydrogen (secondary N) is 1. The summed E-state index contributed by atoms with van der Waals surface area (Å²) in [5.41, 5.74) is 0. The van der Waals surface area contributed by atoms with Gasteiger partial charge in [-0.2, -0.15) is 0 Å². The summed E-state index contributed by atoms with van der Waals surface area (Å²) in [6.45, 7) is 10.4. The Morgan fingerprint density at radius 1 is 0.964 bits per heavy atom. The minimum atomic E-state index is -1.12. The Balaban J connectivity index is 4.02. The Bertz CT molecular complexity index is 407. The van der Waals surface area contributed by atoms with E-state index in [1.165, 1.54) is 64.2 Å². The predicted molar refractivity (Wildman–Crippen MR) is 123 cm³/mol. The lowest BCUT2D eigenvalue weighted by Crippen LogP contribution is -2.44. The Labute approximate surface area is 177 Å². The van der Waals surface area contributed by atoms with Crippen molar-refractivity contribution in [2.75, 3.05) is 13.9 Å². The van der Waals surface area contributed by atoms with Crippen molar-refractivity contribution in [2.45, 2.75) is 122 Å². The number of ether oxygens (including phenoxy) is 2.